The Bertz CT molecular complexity index is 1380. The Hall–Kier alpha value is -3.20. The molecule has 3 heterocycles. The largest absolute Gasteiger partial charge is 0.497 e. The number of fused-ring (bicyclic) bond motifs is 3. The molecule has 3 aliphatic rings. The van der Waals surface area contributed by atoms with E-state index >= 15 is 0 Å². The van der Waals surface area contributed by atoms with Crippen molar-refractivity contribution in [3.05, 3.63) is 95.6 Å². The van der Waals surface area contributed by atoms with Crippen molar-refractivity contribution in [2.75, 3.05) is 26.0 Å². The lowest BCUT2D eigenvalue weighted by atomic mass is 9.72. The van der Waals surface area contributed by atoms with Crippen molar-refractivity contribution in [3.8, 4) is 5.75 Å². The summed E-state index contributed by atoms with van der Waals surface area (Å²) < 4.78 is 4.70. The number of amides is 2. The fourth-order valence-corrected chi connectivity index (χ4v) is 8.24. The van der Waals surface area contributed by atoms with Crippen LogP contribution in [0, 0.1) is 0 Å². The zero-order chi connectivity index (χ0) is 25.1. The standard InChI is InChI=1S/C28H25N3O3S2/c1-30-17-22(19-12-14-20(34-2)15-13-19)28(27(30)21-10-6-7-11-23(21)29-24(27)32)25(33)31(26(35)36-28)16-18-8-4-3-5-9-18/h3-15,22H,16-17H2,1-2H3,(H,29,32). The molecule has 6 nitrogen and oxygen atoms in total. The molecule has 3 unspecified atom stereocenters. The molecule has 3 aliphatic heterocycles. The number of thioether (sulfide) groups is 1. The molecule has 182 valence electrons. The molecule has 2 amide bonds. The van der Waals surface area contributed by atoms with Gasteiger partial charge < -0.3 is 10.1 Å². The monoisotopic (exact) mass is 515 g/mol. The zero-order valence-electron chi connectivity index (χ0n) is 19.9. The van der Waals surface area contributed by atoms with Crippen LogP contribution in [0.15, 0.2) is 78.9 Å². The highest BCUT2D eigenvalue weighted by Gasteiger charge is 2.77. The molecule has 0 aliphatic carbocycles. The Kier molecular flexibility index (Phi) is 5.44. The van der Waals surface area contributed by atoms with Gasteiger partial charge >= 0.3 is 0 Å². The smallest absolute Gasteiger partial charge is 0.251 e. The van der Waals surface area contributed by atoms with Gasteiger partial charge in [0.15, 0.2) is 5.54 Å². The molecule has 3 aromatic carbocycles. The van der Waals surface area contributed by atoms with Crippen molar-refractivity contribution in [3.63, 3.8) is 0 Å². The van der Waals surface area contributed by atoms with Crippen LogP contribution in [0.25, 0.3) is 0 Å². The number of hydrogen-bond acceptors (Lipinski definition) is 6. The van der Waals surface area contributed by atoms with E-state index in [1.807, 2.05) is 90.8 Å². The average Bonchev–Trinajstić information content (AvgIpc) is 3.44. The highest BCUT2D eigenvalue weighted by Crippen LogP contribution is 2.65. The SMILES string of the molecule is COc1ccc(C2CN(C)C3(C(=O)Nc4ccccc43)C23SC(=S)N(Cc2ccccc2)C3=O)cc1. The van der Waals surface area contributed by atoms with Gasteiger partial charge in [0.05, 0.1) is 13.7 Å². The summed E-state index contributed by atoms with van der Waals surface area (Å²) in [5, 5.41) is 3.07. The highest BCUT2D eigenvalue weighted by molar-refractivity contribution is 8.25. The summed E-state index contributed by atoms with van der Waals surface area (Å²) >= 11 is 7.23. The molecule has 3 aromatic rings. The van der Waals surface area contributed by atoms with E-state index in [1.54, 1.807) is 12.0 Å². The molecule has 0 radical (unpaired) electrons. The fourth-order valence-electron chi connectivity index (χ4n) is 6.11. The predicted molar refractivity (Wildman–Crippen MR) is 145 cm³/mol. The molecular formula is C28H25N3O3S2. The first-order chi connectivity index (χ1) is 17.4. The quantitative estimate of drug-likeness (QED) is 0.521. The highest BCUT2D eigenvalue weighted by atomic mass is 32.2. The Morgan fingerprint density at radius 1 is 1.03 bits per heavy atom. The number of para-hydroxylation sites is 1. The second-order valence-corrected chi connectivity index (χ2v) is 11.3. The van der Waals surface area contributed by atoms with Crippen molar-refractivity contribution in [1.82, 2.24) is 9.80 Å². The Morgan fingerprint density at radius 2 is 1.72 bits per heavy atom. The van der Waals surface area contributed by atoms with Crippen molar-refractivity contribution in [1.29, 1.82) is 0 Å². The molecular weight excluding hydrogens is 490 g/mol. The van der Waals surface area contributed by atoms with Gasteiger partial charge in [-0.3, -0.25) is 19.4 Å². The van der Waals surface area contributed by atoms with Crippen LogP contribution in [-0.2, 0) is 21.7 Å². The maximum Gasteiger partial charge on any atom is 0.251 e. The van der Waals surface area contributed by atoms with Gasteiger partial charge in [0.25, 0.3) is 5.91 Å². The number of benzene rings is 3. The van der Waals surface area contributed by atoms with Gasteiger partial charge in [-0.2, -0.15) is 0 Å². The summed E-state index contributed by atoms with van der Waals surface area (Å²) in [7, 11) is 3.56. The van der Waals surface area contributed by atoms with Gasteiger partial charge in [-0.25, -0.2) is 0 Å². The van der Waals surface area contributed by atoms with E-state index in [4.69, 9.17) is 17.0 Å². The summed E-state index contributed by atoms with van der Waals surface area (Å²) in [5.74, 6) is 0.150. The lowest BCUT2D eigenvalue weighted by Gasteiger charge is -2.41. The maximum absolute atomic E-state index is 14.7. The molecule has 2 fully saturated rings. The van der Waals surface area contributed by atoms with Gasteiger partial charge in [-0.1, -0.05) is 84.6 Å². The Morgan fingerprint density at radius 3 is 2.44 bits per heavy atom. The summed E-state index contributed by atoms with van der Waals surface area (Å²) in [6.45, 7) is 0.889. The number of nitrogens with zero attached hydrogens (tertiary/aromatic N) is 2. The van der Waals surface area contributed by atoms with Gasteiger partial charge in [-0.05, 0) is 36.4 Å². The number of rotatable bonds is 4. The van der Waals surface area contributed by atoms with E-state index in [1.165, 1.54) is 11.8 Å². The van der Waals surface area contributed by atoms with E-state index in [-0.39, 0.29) is 17.7 Å². The average molecular weight is 516 g/mol. The molecule has 2 saturated heterocycles. The fraction of sp³-hybridized carbons (Fsp3) is 0.250. The van der Waals surface area contributed by atoms with E-state index in [0.29, 0.717) is 17.4 Å². The lowest BCUT2D eigenvalue weighted by molar-refractivity contribution is -0.138. The third-order valence-corrected chi connectivity index (χ3v) is 9.63. The molecule has 0 aromatic heterocycles. The number of thiocarbonyl (C=S) groups is 1. The predicted octanol–water partition coefficient (Wildman–Crippen LogP) is 4.37. The number of methoxy groups -OCH3 is 1. The number of nitrogens with one attached hydrogen (secondary N) is 1. The molecule has 0 saturated carbocycles. The first-order valence-corrected chi connectivity index (χ1v) is 13.0. The van der Waals surface area contributed by atoms with Crippen molar-refractivity contribution >= 4 is 45.8 Å². The third kappa shape index (κ3) is 2.98. The van der Waals surface area contributed by atoms with Gasteiger partial charge in [0, 0.05) is 23.7 Å². The number of carbonyl (C=O) groups is 2. The topological polar surface area (TPSA) is 61.9 Å². The van der Waals surface area contributed by atoms with Crippen LogP contribution in [0.3, 0.4) is 0 Å². The Balaban J connectivity index is 1.56. The van der Waals surface area contributed by atoms with Gasteiger partial charge in [0.2, 0.25) is 5.91 Å². The van der Waals surface area contributed by atoms with Gasteiger partial charge in [-0.15, -0.1) is 0 Å². The molecule has 0 bridgehead atoms. The summed E-state index contributed by atoms with van der Waals surface area (Å²) in [5.41, 5.74) is 2.32. The van der Waals surface area contributed by atoms with Crippen LogP contribution in [0.2, 0.25) is 0 Å². The van der Waals surface area contributed by atoms with E-state index in [0.717, 1.165) is 28.1 Å². The second-order valence-electron chi connectivity index (χ2n) is 9.40. The van der Waals surface area contributed by atoms with Crippen LogP contribution >= 0.6 is 24.0 Å². The minimum Gasteiger partial charge on any atom is -0.497 e. The second kappa shape index (κ2) is 8.44. The van der Waals surface area contributed by atoms with Crippen LogP contribution < -0.4 is 10.1 Å². The van der Waals surface area contributed by atoms with Crippen molar-refractivity contribution in [2.24, 2.45) is 0 Å². The zero-order valence-corrected chi connectivity index (χ0v) is 21.6. The number of likely N-dealkylation sites (tertiary alicyclic amines) is 1. The van der Waals surface area contributed by atoms with E-state index in [9.17, 15) is 9.59 Å². The van der Waals surface area contributed by atoms with Gasteiger partial charge in [0.1, 0.15) is 14.8 Å². The van der Waals surface area contributed by atoms with Crippen LogP contribution in [0.4, 0.5) is 5.69 Å². The normalized spacial score (nSPS) is 27.2. The number of likely N-dealkylation sites (N-methyl/N-ethyl adjacent to an activating group) is 1. The molecule has 6 rings (SSSR count). The summed E-state index contributed by atoms with van der Waals surface area (Å²) in [6.07, 6.45) is 0. The minimum atomic E-state index is -1.20. The lowest BCUT2D eigenvalue weighted by Crippen LogP contribution is -2.61. The van der Waals surface area contributed by atoms with Crippen LogP contribution in [0.1, 0.15) is 22.6 Å². The van der Waals surface area contributed by atoms with Crippen LogP contribution in [0.5, 0.6) is 5.75 Å². The van der Waals surface area contributed by atoms with E-state index in [2.05, 4.69) is 5.32 Å². The Labute approximate surface area is 219 Å². The minimum absolute atomic E-state index is 0.127. The number of carbonyl (C=O) groups excluding carboxylic acids is 2. The molecule has 3 atom stereocenters. The molecule has 2 spiro atoms. The number of anilines is 1. The molecule has 8 heteroatoms. The summed E-state index contributed by atoms with van der Waals surface area (Å²) in [6, 6.07) is 25.3. The number of hydrogen-bond donors (Lipinski definition) is 1. The van der Waals surface area contributed by atoms with Crippen molar-refractivity contribution < 1.29 is 14.3 Å². The molecule has 36 heavy (non-hydrogen) atoms. The van der Waals surface area contributed by atoms with E-state index < -0.39 is 10.3 Å². The summed E-state index contributed by atoms with van der Waals surface area (Å²) in [4.78, 5) is 32.4. The third-order valence-electron chi connectivity index (χ3n) is 7.68. The first kappa shape index (κ1) is 23.2. The number of ether oxygens (including phenoxy) is 1. The van der Waals surface area contributed by atoms with Crippen LogP contribution in [-0.4, -0.2) is 51.4 Å². The van der Waals surface area contributed by atoms with Crippen molar-refractivity contribution in [2.45, 2.75) is 22.7 Å². The maximum atomic E-state index is 14.7. The first-order valence-electron chi connectivity index (χ1n) is 11.8. The molecule has 1 N–H and O–H groups in total.